The van der Waals surface area contributed by atoms with E-state index in [1.807, 2.05) is 25.1 Å². The predicted octanol–water partition coefficient (Wildman–Crippen LogP) is 5.01. The third-order valence-electron chi connectivity index (χ3n) is 9.79. The van der Waals surface area contributed by atoms with Crippen LogP contribution in [0.2, 0.25) is 0 Å². The Kier molecular flexibility index (Phi) is 7.20. The Morgan fingerprint density at radius 2 is 1.81 bits per heavy atom. The minimum absolute atomic E-state index is 0.0131. The van der Waals surface area contributed by atoms with Crippen molar-refractivity contribution < 1.29 is 43.0 Å². The molecule has 8 atom stereocenters. The minimum atomic E-state index is -0.870. The molecule has 5 fully saturated rings. The summed E-state index contributed by atoms with van der Waals surface area (Å²) in [6.07, 6.45) is 5.78. The van der Waals surface area contributed by atoms with Gasteiger partial charge in [0, 0.05) is 23.8 Å². The van der Waals surface area contributed by atoms with E-state index in [4.69, 9.17) is 33.5 Å². The van der Waals surface area contributed by atoms with Crippen molar-refractivity contribution in [1.29, 1.82) is 0 Å². The molecule has 1 N–H and O–H groups in total. The number of carbonyl (C=O) groups excluding carboxylic acids is 2. The van der Waals surface area contributed by atoms with Crippen LogP contribution in [-0.4, -0.2) is 49.0 Å². The Morgan fingerprint density at radius 3 is 2.65 bits per heavy atom. The average Bonchev–Trinajstić information content (AvgIpc) is 3.36. The molecule has 5 aliphatic heterocycles. The molecule has 0 unspecified atom stereocenters. The molecule has 2 aromatic rings. The SMILES string of the molecule is C[C@H]1[C@@H](NC(=O)COc2ccc(C(=O)/C=C/c3ccc4c(c3)OCO4)cc2)O[C@@H]2O[C@@]3(C)CC[C@H]4[C@H](C)CC[C@@H]1[C@@]24OO3. The zero-order valence-electron chi connectivity index (χ0n) is 24.6. The topological polar surface area (TPSA) is 111 Å². The molecule has 0 aromatic heterocycles. The van der Waals surface area contributed by atoms with Gasteiger partial charge in [-0.05, 0) is 86.1 Å². The Balaban J connectivity index is 0.951. The summed E-state index contributed by atoms with van der Waals surface area (Å²) in [4.78, 5) is 37.7. The van der Waals surface area contributed by atoms with Gasteiger partial charge in [0.1, 0.15) is 12.0 Å². The van der Waals surface area contributed by atoms with Crippen molar-refractivity contribution in [3.63, 3.8) is 0 Å². The second-order valence-corrected chi connectivity index (χ2v) is 12.5. The van der Waals surface area contributed by atoms with Crippen molar-refractivity contribution in [2.75, 3.05) is 13.4 Å². The highest BCUT2D eigenvalue weighted by molar-refractivity contribution is 6.06. The summed E-state index contributed by atoms with van der Waals surface area (Å²) < 4.78 is 29.2. The molecule has 0 radical (unpaired) electrons. The van der Waals surface area contributed by atoms with Crippen LogP contribution in [-0.2, 0) is 24.0 Å². The van der Waals surface area contributed by atoms with Crippen molar-refractivity contribution in [2.45, 2.75) is 70.4 Å². The number of ether oxygens (including phenoxy) is 5. The van der Waals surface area contributed by atoms with Crippen LogP contribution in [0.1, 0.15) is 62.4 Å². The quantitative estimate of drug-likeness (QED) is 0.270. The monoisotopic (exact) mass is 591 g/mol. The number of amides is 1. The first-order chi connectivity index (χ1) is 20.7. The maximum absolute atomic E-state index is 13.0. The lowest BCUT2D eigenvalue weighted by Crippen LogP contribution is -2.72. The summed E-state index contributed by atoms with van der Waals surface area (Å²) in [5.41, 5.74) is 0.662. The lowest BCUT2D eigenvalue weighted by molar-refractivity contribution is -0.571. The molecular formula is C33H37NO9. The molecule has 10 heteroatoms. The van der Waals surface area contributed by atoms with Gasteiger partial charge in [0.2, 0.25) is 12.6 Å². The molecule has 8 rings (SSSR count). The molecule has 43 heavy (non-hydrogen) atoms. The molecule has 1 amide bonds. The third kappa shape index (κ3) is 5.10. The summed E-state index contributed by atoms with van der Waals surface area (Å²) in [5.74, 6) is 1.34. The smallest absolute Gasteiger partial charge is 0.259 e. The molecule has 1 saturated carbocycles. The summed E-state index contributed by atoms with van der Waals surface area (Å²) in [5, 5.41) is 3.01. The van der Waals surface area contributed by atoms with Crippen LogP contribution in [0.5, 0.6) is 17.2 Å². The predicted molar refractivity (Wildman–Crippen MR) is 153 cm³/mol. The highest BCUT2D eigenvalue weighted by atomic mass is 17.3. The summed E-state index contributed by atoms with van der Waals surface area (Å²) in [6, 6.07) is 12.2. The summed E-state index contributed by atoms with van der Waals surface area (Å²) >= 11 is 0. The first kappa shape index (κ1) is 28.3. The minimum Gasteiger partial charge on any atom is -0.484 e. The van der Waals surface area contributed by atoms with Crippen LogP contribution in [0, 0.1) is 23.7 Å². The van der Waals surface area contributed by atoms with E-state index in [2.05, 4.69) is 19.2 Å². The van der Waals surface area contributed by atoms with Crippen LogP contribution in [0.25, 0.3) is 6.08 Å². The molecule has 2 aromatic carbocycles. The van der Waals surface area contributed by atoms with Crippen LogP contribution in [0.3, 0.4) is 0 Å². The van der Waals surface area contributed by atoms with E-state index in [9.17, 15) is 9.59 Å². The first-order valence-electron chi connectivity index (χ1n) is 15.1. The number of allylic oxidation sites excluding steroid dienone is 1. The Bertz CT molecular complexity index is 1430. The van der Waals surface area contributed by atoms with E-state index in [-0.39, 0.29) is 42.8 Å². The van der Waals surface area contributed by atoms with E-state index < -0.39 is 23.9 Å². The molecular weight excluding hydrogens is 554 g/mol. The summed E-state index contributed by atoms with van der Waals surface area (Å²) in [7, 11) is 0. The van der Waals surface area contributed by atoms with E-state index in [1.165, 1.54) is 6.08 Å². The Morgan fingerprint density at radius 1 is 1.00 bits per heavy atom. The van der Waals surface area contributed by atoms with Gasteiger partial charge in [0.25, 0.3) is 5.91 Å². The number of carbonyl (C=O) groups is 2. The van der Waals surface area contributed by atoms with E-state index in [0.29, 0.717) is 28.7 Å². The number of nitrogens with one attached hydrogen (secondary N) is 1. The molecule has 2 bridgehead atoms. The molecule has 1 aliphatic carbocycles. The van der Waals surface area contributed by atoms with E-state index in [1.54, 1.807) is 30.3 Å². The Hall–Kier alpha value is -3.44. The average molecular weight is 592 g/mol. The first-order valence-corrected chi connectivity index (χ1v) is 15.1. The van der Waals surface area contributed by atoms with E-state index in [0.717, 1.165) is 31.2 Å². The maximum Gasteiger partial charge on any atom is 0.259 e. The molecule has 5 heterocycles. The van der Waals surface area contributed by atoms with Gasteiger partial charge in [-0.25, -0.2) is 9.78 Å². The van der Waals surface area contributed by atoms with Gasteiger partial charge in [-0.1, -0.05) is 26.0 Å². The lowest BCUT2D eigenvalue weighted by Gasteiger charge is -2.60. The largest absolute Gasteiger partial charge is 0.484 e. The summed E-state index contributed by atoms with van der Waals surface area (Å²) in [6.45, 7) is 6.25. The van der Waals surface area contributed by atoms with Gasteiger partial charge < -0.3 is 29.0 Å². The number of benzene rings is 2. The highest BCUT2D eigenvalue weighted by Gasteiger charge is 2.69. The second-order valence-electron chi connectivity index (χ2n) is 12.5. The van der Waals surface area contributed by atoms with Crippen molar-refractivity contribution in [2.24, 2.45) is 23.7 Å². The maximum atomic E-state index is 13.0. The number of ketones is 1. The normalized spacial score (nSPS) is 35.7. The number of rotatable bonds is 7. The van der Waals surface area contributed by atoms with Crippen LogP contribution < -0.4 is 19.5 Å². The van der Waals surface area contributed by atoms with Gasteiger partial charge in [0.05, 0.1) is 0 Å². The molecule has 1 spiro atoms. The van der Waals surface area contributed by atoms with Crippen molar-refractivity contribution in [3.8, 4) is 17.2 Å². The zero-order valence-corrected chi connectivity index (χ0v) is 24.6. The van der Waals surface area contributed by atoms with E-state index >= 15 is 0 Å². The number of hydrogen-bond acceptors (Lipinski definition) is 9. The van der Waals surface area contributed by atoms with Crippen molar-refractivity contribution in [1.82, 2.24) is 5.32 Å². The lowest BCUT2D eigenvalue weighted by atomic mass is 9.58. The van der Waals surface area contributed by atoms with Crippen LogP contribution in [0.4, 0.5) is 0 Å². The van der Waals surface area contributed by atoms with Crippen molar-refractivity contribution in [3.05, 3.63) is 59.7 Å². The third-order valence-corrected chi connectivity index (χ3v) is 9.79. The molecule has 10 nitrogen and oxygen atoms in total. The molecule has 6 aliphatic rings. The fraction of sp³-hybridized carbons (Fsp3) is 0.515. The standard InChI is InChI=1S/C33H37NO9/c1-19-4-11-25-20(2)30(40-31-33(25)24(19)14-15-32(3,41-31)42-43-33)34-29(36)17-37-23-9-7-22(8-10-23)26(35)12-5-21-6-13-27-28(16-21)39-18-38-27/h5-10,12-13,16,19-20,24-25,30-31H,4,11,14-15,17-18H2,1-3H3,(H,34,36)/b12-5+/t19-,20-,24+,25+,30+,31-,32-,33-/m1/s1. The molecule has 4 saturated heterocycles. The second kappa shape index (κ2) is 10.9. The van der Waals surface area contributed by atoms with Gasteiger partial charge in [-0.15, -0.1) is 0 Å². The fourth-order valence-electron chi connectivity index (χ4n) is 7.42. The van der Waals surface area contributed by atoms with Gasteiger partial charge in [-0.2, -0.15) is 0 Å². The van der Waals surface area contributed by atoms with Crippen molar-refractivity contribution >= 4 is 17.8 Å². The number of fused-ring (bicyclic) bond motifs is 3. The van der Waals surface area contributed by atoms with Crippen LogP contribution in [0.15, 0.2) is 48.5 Å². The Labute approximate surface area is 250 Å². The van der Waals surface area contributed by atoms with Gasteiger partial charge in [-0.3, -0.25) is 9.59 Å². The van der Waals surface area contributed by atoms with Crippen LogP contribution >= 0.6 is 0 Å². The number of hydrogen-bond donors (Lipinski definition) is 1. The highest BCUT2D eigenvalue weighted by Crippen LogP contribution is 2.60. The zero-order chi connectivity index (χ0) is 29.8. The van der Waals surface area contributed by atoms with Gasteiger partial charge in [0.15, 0.2) is 35.8 Å². The fourth-order valence-corrected chi connectivity index (χ4v) is 7.42. The van der Waals surface area contributed by atoms with Gasteiger partial charge >= 0.3 is 0 Å². The molecule has 228 valence electrons.